The van der Waals surface area contributed by atoms with Gasteiger partial charge in [0.15, 0.2) is 0 Å². The molecule has 1 heterocycles. The van der Waals surface area contributed by atoms with Crippen LogP contribution in [0, 0.1) is 0 Å². The van der Waals surface area contributed by atoms with Crippen molar-refractivity contribution in [2.45, 2.75) is 19.9 Å². The summed E-state index contributed by atoms with van der Waals surface area (Å²) in [7, 11) is 1.98. The summed E-state index contributed by atoms with van der Waals surface area (Å²) in [6.45, 7) is 4.16. The Balaban J connectivity index is 2.39. The van der Waals surface area contributed by atoms with Gasteiger partial charge in [0.25, 0.3) is 11.7 Å². The van der Waals surface area contributed by atoms with Gasteiger partial charge in [-0.1, -0.05) is 0 Å². The van der Waals surface area contributed by atoms with E-state index in [2.05, 4.69) is 24.1 Å². The van der Waals surface area contributed by atoms with E-state index in [1.54, 1.807) is 6.07 Å². The standard InChI is InChI=1S/C12H14N2O2/c1-7(2)14(3)8-4-5-9-10(6-8)13-12(16)11(9)15/h4-7H,1-3H3,(H,13,15,16). The van der Waals surface area contributed by atoms with E-state index in [0.29, 0.717) is 17.3 Å². The Hall–Kier alpha value is -1.84. The van der Waals surface area contributed by atoms with E-state index in [9.17, 15) is 9.59 Å². The van der Waals surface area contributed by atoms with Gasteiger partial charge in [0.1, 0.15) is 0 Å². The number of carbonyl (C=O) groups excluding carboxylic acids is 2. The predicted molar refractivity (Wildman–Crippen MR) is 62.9 cm³/mol. The van der Waals surface area contributed by atoms with E-state index in [0.717, 1.165) is 5.69 Å². The second-order valence-corrected chi connectivity index (χ2v) is 4.22. The molecular formula is C12H14N2O2. The lowest BCUT2D eigenvalue weighted by atomic mass is 10.1. The molecule has 0 spiro atoms. The molecule has 0 atom stereocenters. The zero-order valence-corrected chi connectivity index (χ0v) is 9.57. The zero-order valence-electron chi connectivity index (χ0n) is 9.57. The van der Waals surface area contributed by atoms with Crippen LogP contribution in [-0.4, -0.2) is 24.8 Å². The summed E-state index contributed by atoms with van der Waals surface area (Å²) in [6, 6.07) is 5.75. The number of anilines is 2. The molecule has 0 aromatic heterocycles. The molecule has 0 radical (unpaired) electrons. The van der Waals surface area contributed by atoms with Crippen molar-refractivity contribution in [3.05, 3.63) is 23.8 Å². The van der Waals surface area contributed by atoms with Crippen LogP contribution in [0.4, 0.5) is 11.4 Å². The molecule has 1 aromatic rings. The highest BCUT2D eigenvalue weighted by molar-refractivity contribution is 6.51. The summed E-state index contributed by atoms with van der Waals surface area (Å²) >= 11 is 0. The molecule has 4 heteroatoms. The number of hydrogen-bond acceptors (Lipinski definition) is 3. The number of benzene rings is 1. The fraction of sp³-hybridized carbons (Fsp3) is 0.333. The molecule has 2 rings (SSSR count). The van der Waals surface area contributed by atoms with Crippen molar-refractivity contribution in [1.29, 1.82) is 0 Å². The van der Waals surface area contributed by atoms with E-state index in [1.807, 2.05) is 19.2 Å². The smallest absolute Gasteiger partial charge is 0.296 e. The van der Waals surface area contributed by atoms with Crippen LogP contribution in [0.5, 0.6) is 0 Å². The van der Waals surface area contributed by atoms with Gasteiger partial charge in [0.2, 0.25) is 0 Å². The van der Waals surface area contributed by atoms with Crippen molar-refractivity contribution in [3.63, 3.8) is 0 Å². The van der Waals surface area contributed by atoms with Gasteiger partial charge >= 0.3 is 0 Å². The number of nitrogens with zero attached hydrogens (tertiary/aromatic N) is 1. The molecule has 1 aromatic carbocycles. The molecule has 0 saturated carbocycles. The molecule has 84 valence electrons. The third kappa shape index (κ3) is 1.56. The van der Waals surface area contributed by atoms with Crippen LogP contribution in [0.2, 0.25) is 0 Å². The first-order valence-corrected chi connectivity index (χ1v) is 5.23. The van der Waals surface area contributed by atoms with Crippen molar-refractivity contribution >= 4 is 23.1 Å². The second-order valence-electron chi connectivity index (χ2n) is 4.22. The van der Waals surface area contributed by atoms with Gasteiger partial charge in [0.05, 0.1) is 11.3 Å². The molecule has 1 aliphatic rings. The zero-order chi connectivity index (χ0) is 11.9. The number of hydrogen-bond donors (Lipinski definition) is 1. The molecular weight excluding hydrogens is 204 g/mol. The topological polar surface area (TPSA) is 49.4 Å². The lowest BCUT2D eigenvalue weighted by Crippen LogP contribution is -2.25. The summed E-state index contributed by atoms with van der Waals surface area (Å²) in [5, 5.41) is 2.57. The Morgan fingerprint density at radius 2 is 1.94 bits per heavy atom. The van der Waals surface area contributed by atoms with Gasteiger partial charge in [-0.2, -0.15) is 0 Å². The normalized spacial score (nSPS) is 14.0. The predicted octanol–water partition coefficient (Wildman–Crippen LogP) is 1.67. The highest BCUT2D eigenvalue weighted by atomic mass is 16.2. The summed E-state index contributed by atoms with van der Waals surface area (Å²) in [5.74, 6) is -0.992. The van der Waals surface area contributed by atoms with Crippen molar-refractivity contribution < 1.29 is 9.59 Å². The third-order valence-corrected chi connectivity index (χ3v) is 2.88. The first-order valence-electron chi connectivity index (χ1n) is 5.23. The number of rotatable bonds is 2. The van der Waals surface area contributed by atoms with Crippen molar-refractivity contribution in [2.75, 3.05) is 17.3 Å². The van der Waals surface area contributed by atoms with Crippen molar-refractivity contribution in [1.82, 2.24) is 0 Å². The van der Waals surface area contributed by atoms with Gasteiger partial charge in [-0.3, -0.25) is 9.59 Å². The highest BCUT2D eigenvalue weighted by Crippen LogP contribution is 2.28. The minimum Gasteiger partial charge on any atom is -0.372 e. The van der Waals surface area contributed by atoms with Crippen LogP contribution in [0.25, 0.3) is 0 Å². The summed E-state index contributed by atoms with van der Waals surface area (Å²) < 4.78 is 0. The van der Waals surface area contributed by atoms with Crippen LogP contribution >= 0.6 is 0 Å². The summed E-state index contributed by atoms with van der Waals surface area (Å²) in [5.41, 5.74) is 2.06. The molecule has 1 aliphatic heterocycles. The molecule has 0 aliphatic carbocycles. The Morgan fingerprint density at radius 1 is 1.25 bits per heavy atom. The average molecular weight is 218 g/mol. The van der Waals surface area contributed by atoms with E-state index in [4.69, 9.17) is 0 Å². The number of Topliss-reactive ketones (excluding diaryl/α,β-unsaturated/α-hetero) is 1. The molecule has 0 saturated heterocycles. The van der Waals surface area contributed by atoms with Gasteiger partial charge in [-0.25, -0.2) is 0 Å². The SMILES string of the molecule is CC(C)N(C)c1ccc2c(c1)NC(=O)C2=O. The molecule has 4 nitrogen and oxygen atoms in total. The van der Waals surface area contributed by atoms with Crippen LogP contribution in [0.15, 0.2) is 18.2 Å². The van der Waals surface area contributed by atoms with Crippen LogP contribution in [-0.2, 0) is 4.79 Å². The Labute approximate surface area is 94.2 Å². The highest BCUT2D eigenvalue weighted by Gasteiger charge is 2.28. The van der Waals surface area contributed by atoms with Gasteiger partial charge in [-0.05, 0) is 32.0 Å². The van der Waals surface area contributed by atoms with E-state index < -0.39 is 11.7 Å². The summed E-state index contributed by atoms with van der Waals surface area (Å²) in [4.78, 5) is 24.6. The number of ketones is 1. The van der Waals surface area contributed by atoms with Crippen LogP contribution in [0.1, 0.15) is 24.2 Å². The number of carbonyl (C=O) groups is 2. The van der Waals surface area contributed by atoms with E-state index in [1.165, 1.54) is 0 Å². The van der Waals surface area contributed by atoms with Crippen molar-refractivity contribution in [2.24, 2.45) is 0 Å². The lowest BCUT2D eigenvalue weighted by molar-refractivity contribution is -0.112. The van der Waals surface area contributed by atoms with E-state index in [-0.39, 0.29) is 0 Å². The maximum Gasteiger partial charge on any atom is 0.296 e. The fourth-order valence-electron chi connectivity index (χ4n) is 1.65. The minimum atomic E-state index is -0.542. The monoisotopic (exact) mass is 218 g/mol. The largest absolute Gasteiger partial charge is 0.372 e. The Kier molecular flexibility index (Phi) is 2.42. The maximum absolute atomic E-state index is 11.4. The Bertz CT molecular complexity index is 466. The van der Waals surface area contributed by atoms with Gasteiger partial charge in [0, 0.05) is 18.8 Å². The molecule has 0 fully saturated rings. The Morgan fingerprint density at radius 3 is 2.56 bits per heavy atom. The number of amides is 1. The number of nitrogens with one attached hydrogen (secondary N) is 1. The molecule has 0 bridgehead atoms. The van der Waals surface area contributed by atoms with Gasteiger partial charge < -0.3 is 10.2 Å². The molecule has 0 unspecified atom stereocenters. The van der Waals surface area contributed by atoms with Gasteiger partial charge in [-0.15, -0.1) is 0 Å². The summed E-state index contributed by atoms with van der Waals surface area (Å²) in [6.07, 6.45) is 0. The quantitative estimate of drug-likeness (QED) is 0.768. The molecule has 1 N–H and O–H groups in total. The van der Waals surface area contributed by atoms with Crippen molar-refractivity contribution in [3.8, 4) is 0 Å². The molecule has 1 amide bonds. The second kappa shape index (κ2) is 3.63. The van der Waals surface area contributed by atoms with Crippen LogP contribution in [0.3, 0.4) is 0 Å². The third-order valence-electron chi connectivity index (χ3n) is 2.88. The fourth-order valence-corrected chi connectivity index (χ4v) is 1.65. The maximum atomic E-state index is 11.4. The molecule has 16 heavy (non-hydrogen) atoms. The lowest BCUT2D eigenvalue weighted by Gasteiger charge is -2.24. The number of fused-ring (bicyclic) bond motifs is 1. The van der Waals surface area contributed by atoms with E-state index >= 15 is 0 Å². The average Bonchev–Trinajstić information content (AvgIpc) is 2.53. The first kappa shape index (κ1) is 10.7. The first-order chi connectivity index (χ1) is 7.50. The minimum absolute atomic E-state index is 0.367. The van der Waals surface area contributed by atoms with Crippen LogP contribution < -0.4 is 10.2 Å².